The Kier molecular flexibility index (Phi) is 6.42. The molecule has 0 fully saturated rings. The number of rotatable bonds is 7. The van der Waals surface area contributed by atoms with Gasteiger partial charge in [-0.3, -0.25) is 9.59 Å². The highest BCUT2D eigenvalue weighted by Gasteiger charge is 2.14. The molecule has 0 saturated carbocycles. The Hall–Kier alpha value is -1.49. The molecular weight excluding hydrogens is 262 g/mol. The Balaban J connectivity index is 2.62. The molecule has 1 aromatic rings. The second-order valence-electron chi connectivity index (χ2n) is 4.29. The molecule has 1 unspecified atom stereocenters. The second kappa shape index (κ2) is 7.84. The number of benzene rings is 1. The van der Waals surface area contributed by atoms with Gasteiger partial charge in [0, 0.05) is 5.69 Å². The maximum Gasteiger partial charge on any atom is 0.310 e. The summed E-state index contributed by atoms with van der Waals surface area (Å²) in [6.45, 7) is 3.70. The molecule has 1 aromatic carbocycles. The fraction of sp³-hybridized carbons (Fsp3) is 0.429. The van der Waals surface area contributed by atoms with Crippen LogP contribution in [0.4, 0.5) is 5.69 Å². The van der Waals surface area contributed by atoms with Gasteiger partial charge in [0.2, 0.25) is 5.91 Å². The summed E-state index contributed by atoms with van der Waals surface area (Å²) < 4.78 is 0. The van der Waals surface area contributed by atoms with Crippen LogP contribution in [0.3, 0.4) is 0 Å². The van der Waals surface area contributed by atoms with E-state index < -0.39 is 11.9 Å². The average molecular weight is 281 g/mol. The van der Waals surface area contributed by atoms with Crippen molar-refractivity contribution in [1.82, 2.24) is 0 Å². The van der Waals surface area contributed by atoms with Crippen LogP contribution in [-0.2, 0) is 9.59 Å². The van der Waals surface area contributed by atoms with E-state index in [0.717, 1.165) is 12.2 Å². The van der Waals surface area contributed by atoms with Gasteiger partial charge in [-0.05, 0) is 36.8 Å². The number of nitrogens with one attached hydrogen (secondary N) is 1. The Labute approximate surface area is 117 Å². The molecule has 1 rings (SSSR count). The SMILES string of the molecule is CCCSCC(=O)Nc1cccc(C(C)C(=O)O)c1. The van der Waals surface area contributed by atoms with Crippen LogP contribution >= 0.6 is 11.8 Å². The van der Waals surface area contributed by atoms with E-state index in [1.165, 1.54) is 0 Å². The Bertz CT molecular complexity index is 448. The first-order valence-electron chi connectivity index (χ1n) is 6.25. The zero-order valence-electron chi connectivity index (χ0n) is 11.2. The van der Waals surface area contributed by atoms with Gasteiger partial charge in [-0.25, -0.2) is 0 Å². The number of carbonyl (C=O) groups is 2. The normalized spacial score (nSPS) is 11.9. The number of thioether (sulfide) groups is 1. The Morgan fingerprint density at radius 1 is 1.42 bits per heavy atom. The van der Waals surface area contributed by atoms with Gasteiger partial charge in [0.25, 0.3) is 0 Å². The van der Waals surface area contributed by atoms with Crippen molar-refractivity contribution in [2.24, 2.45) is 0 Å². The molecule has 0 aliphatic rings. The summed E-state index contributed by atoms with van der Waals surface area (Å²) in [4.78, 5) is 22.6. The van der Waals surface area contributed by atoms with Crippen LogP contribution < -0.4 is 5.32 Å². The molecule has 0 aromatic heterocycles. The minimum Gasteiger partial charge on any atom is -0.481 e. The molecule has 1 atom stereocenters. The van der Waals surface area contributed by atoms with Gasteiger partial charge in [-0.2, -0.15) is 11.8 Å². The van der Waals surface area contributed by atoms with Crippen LogP contribution in [0.25, 0.3) is 0 Å². The third-order valence-electron chi connectivity index (χ3n) is 2.62. The molecule has 4 nitrogen and oxygen atoms in total. The molecule has 1 amide bonds. The van der Waals surface area contributed by atoms with E-state index in [1.54, 1.807) is 43.0 Å². The molecule has 0 radical (unpaired) electrons. The van der Waals surface area contributed by atoms with Gasteiger partial charge in [0.1, 0.15) is 0 Å². The largest absolute Gasteiger partial charge is 0.481 e. The Morgan fingerprint density at radius 3 is 2.79 bits per heavy atom. The van der Waals surface area contributed by atoms with E-state index in [1.807, 2.05) is 0 Å². The van der Waals surface area contributed by atoms with Crippen molar-refractivity contribution in [3.63, 3.8) is 0 Å². The number of carboxylic acid groups (broad SMARTS) is 1. The topological polar surface area (TPSA) is 66.4 Å². The highest BCUT2D eigenvalue weighted by atomic mass is 32.2. The fourth-order valence-corrected chi connectivity index (χ4v) is 2.23. The summed E-state index contributed by atoms with van der Waals surface area (Å²) in [5, 5.41) is 11.7. The summed E-state index contributed by atoms with van der Waals surface area (Å²) in [7, 11) is 0. The molecule has 0 heterocycles. The number of anilines is 1. The molecular formula is C14H19NO3S. The quantitative estimate of drug-likeness (QED) is 0.754. The first kappa shape index (κ1) is 15.6. The van der Waals surface area contributed by atoms with Crippen molar-refractivity contribution in [1.29, 1.82) is 0 Å². The van der Waals surface area contributed by atoms with E-state index in [2.05, 4.69) is 12.2 Å². The number of hydrogen-bond donors (Lipinski definition) is 2. The van der Waals surface area contributed by atoms with Crippen molar-refractivity contribution in [3.05, 3.63) is 29.8 Å². The molecule has 19 heavy (non-hydrogen) atoms. The lowest BCUT2D eigenvalue weighted by Crippen LogP contribution is -2.15. The van der Waals surface area contributed by atoms with E-state index in [9.17, 15) is 9.59 Å². The molecule has 5 heteroatoms. The van der Waals surface area contributed by atoms with Crippen LogP contribution in [0.2, 0.25) is 0 Å². The predicted octanol–water partition coefficient (Wildman–Crippen LogP) is 2.96. The average Bonchev–Trinajstić information content (AvgIpc) is 2.38. The van der Waals surface area contributed by atoms with Crippen molar-refractivity contribution in [2.45, 2.75) is 26.2 Å². The highest BCUT2D eigenvalue weighted by molar-refractivity contribution is 7.99. The van der Waals surface area contributed by atoms with Gasteiger partial charge in [-0.15, -0.1) is 0 Å². The first-order valence-corrected chi connectivity index (χ1v) is 7.40. The Morgan fingerprint density at radius 2 is 2.16 bits per heavy atom. The van der Waals surface area contributed by atoms with Crippen LogP contribution in [0.5, 0.6) is 0 Å². The summed E-state index contributed by atoms with van der Waals surface area (Å²) in [5.74, 6) is -0.123. The standard InChI is InChI=1S/C14H19NO3S/c1-3-7-19-9-13(16)15-12-6-4-5-11(8-12)10(2)14(17)18/h4-6,8,10H,3,7,9H2,1-2H3,(H,15,16)(H,17,18). The number of aliphatic carboxylic acids is 1. The minimum atomic E-state index is -0.873. The van der Waals surface area contributed by atoms with Crippen molar-refractivity contribution in [2.75, 3.05) is 16.8 Å². The lowest BCUT2D eigenvalue weighted by molar-refractivity contribution is -0.138. The molecule has 0 aliphatic carbocycles. The van der Waals surface area contributed by atoms with Crippen LogP contribution in [-0.4, -0.2) is 28.5 Å². The number of hydrogen-bond acceptors (Lipinski definition) is 3. The third-order valence-corrected chi connectivity index (χ3v) is 3.79. The zero-order valence-corrected chi connectivity index (χ0v) is 12.0. The van der Waals surface area contributed by atoms with Crippen LogP contribution in [0.15, 0.2) is 24.3 Å². The second-order valence-corrected chi connectivity index (χ2v) is 5.39. The lowest BCUT2D eigenvalue weighted by atomic mass is 10.0. The third kappa shape index (κ3) is 5.34. The van der Waals surface area contributed by atoms with E-state index in [-0.39, 0.29) is 5.91 Å². The van der Waals surface area contributed by atoms with Gasteiger partial charge >= 0.3 is 5.97 Å². The molecule has 2 N–H and O–H groups in total. The minimum absolute atomic E-state index is 0.0569. The number of carboxylic acids is 1. The van der Waals surface area contributed by atoms with Crippen molar-refractivity contribution >= 4 is 29.3 Å². The lowest BCUT2D eigenvalue weighted by Gasteiger charge is -2.10. The molecule has 0 bridgehead atoms. The van der Waals surface area contributed by atoms with Gasteiger partial charge in [0.15, 0.2) is 0 Å². The fourth-order valence-electron chi connectivity index (χ4n) is 1.53. The smallest absolute Gasteiger partial charge is 0.310 e. The van der Waals surface area contributed by atoms with E-state index in [0.29, 0.717) is 17.0 Å². The highest BCUT2D eigenvalue weighted by Crippen LogP contribution is 2.19. The van der Waals surface area contributed by atoms with Gasteiger partial charge in [-0.1, -0.05) is 19.1 Å². The summed E-state index contributed by atoms with van der Waals surface area (Å²) >= 11 is 1.59. The number of carbonyl (C=O) groups excluding carboxylic acids is 1. The molecule has 0 saturated heterocycles. The predicted molar refractivity (Wildman–Crippen MR) is 78.7 cm³/mol. The summed E-state index contributed by atoms with van der Waals surface area (Å²) in [6, 6.07) is 6.98. The van der Waals surface area contributed by atoms with Crippen molar-refractivity contribution in [3.8, 4) is 0 Å². The van der Waals surface area contributed by atoms with Crippen molar-refractivity contribution < 1.29 is 14.7 Å². The van der Waals surface area contributed by atoms with Crippen LogP contribution in [0, 0.1) is 0 Å². The zero-order chi connectivity index (χ0) is 14.3. The number of amides is 1. The molecule has 0 spiro atoms. The monoisotopic (exact) mass is 281 g/mol. The summed E-state index contributed by atoms with van der Waals surface area (Å²) in [5.41, 5.74) is 1.33. The summed E-state index contributed by atoms with van der Waals surface area (Å²) in [6.07, 6.45) is 1.05. The van der Waals surface area contributed by atoms with Gasteiger partial charge in [0.05, 0.1) is 11.7 Å². The molecule has 104 valence electrons. The maximum atomic E-state index is 11.7. The van der Waals surface area contributed by atoms with E-state index in [4.69, 9.17) is 5.11 Å². The van der Waals surface area contributed by atoms with E-state index >= 15 is 0 Å². The molecule has 0 aliphatic heterocycles. The first-order chi connectivity index (χ1) is 9.04. The van der Waals surface area contributed by atoms with Crippen LogP contribution in [0.1, 0.15) is 31.7 Å². The maximum absolute atomic E-state index is 11.7. The van der Waals surface area contributed by atoms with Gasteiger partial charge < -0.3 is 10.4 Å².